The second kappa shape index (κ2) is 11.0. The highest BCUT2D eigenvalue weighted by Crippen LogP contribution is 2.28. The molecule has 0 aliphatic carbocycles. The molecule has 0 bridgehead atoms. The number of hydrogen-bond donors (Lipinski definition) is 0. The van der Waals surface area contributed by atoms with Gasteiger partial charge in [0, 0.05) is 32.7 Å². The Labute approximate surface area is 201 Å². The number of aromatic nitrogens is 4. The lowest BCUT2D eigenvalue weighted by atomic mass is 10.0. The summed E-state index contributed by atoms with van der Waals surface area (Å²) in [6.07, 6.45) is 4.47. The van der Waals surface area contributed by atoms with E-state index in [1.165, 1.54) is 16.7 Å². The molecule has 3 aromatic carbocycles. The number of rotatable bonds is 8. The third-order valence-electron chi connectivity index (χ3n) is 6.34. The van der Waals surface area contributed by atoms with E-state index in [-0.39, 0.29) is 6.04 Å². The van der Waals surface area contributed by atoms with Crippen LogP contribution in [0.4, 0.5) is 0 Å². The molecular formula is C28H30N6. The molecule has 172 valence electrons. The molecule has 1 saturated heterocycles. The first-order chi connectivity index (χ1) is 16.9. The molecule has 6 heteroatoms. The largest absolute Gasteiger partial charge is 0.297 e. The molecule has 5 rings (SSSR count). The van der Waals surface area contributed by atoms with Crippen molar-refractivity contribution >= 4 is 6.08 Å². The monoisotopic (exact) mass is 450 g/mol. The SMILES string of the molecule is C(=C\c1ccccc1)/CN1CCN(C(c2ccccc2)c2nnnn2Cc2ccccc2)CC1. The van der Waals surface area contributed by atoms with Gasteiger partial charge in [0.25, 0.3) is 0 Å². The maximum atomic E-state index is 4.50. The molecule has 0 spiro atoms. The van der Waals surface area contributed by atoms with Crippen LogP contribution in [-0.4, -0.2) is 62.7 Å². The Hall–Kier alpha value is -3.61. The zero-order valence-electron chi connectivity index (χ0n) is 19.3. The zero-order chi connectivity index (χ0) is 23.0. The van der Waals surface area contributed by atoms with Gasteiger partial charge in [0.05, 0.1) is 12.6 Å². The number of hydrogen-bond acceptors (Lipinski definition) is 5. The molecule has 2 heterocycles. The summed E-state index contributed by atoms with van der Waals surface area (Å²) >= 11 is 0. The van der Waals surface area contributed by atoms with Gasteiger partial charge >= 0.3 is 0 Å². The van der Waals surface area contributed by atoms with Crippen molar-refractivity contribution in [1.82, 2.24) is 30.0 Å². The Morgan fingerprint density at radius 2 is 1.41 bits per heavy atom. The maximum Gasteiger partial charge on any atom is 0.173 e. The van der Waals surface area contributed by atoms with Crippen molar-refractivity contribution in [3.63, 3.8) is 0 Å². The van der Waals surface area contributed by atoms with E-state index in [1.807, 2.05) is 10.7 Å². The van der Waals surface area contributed by atoms with Crippen molar-refractivity contribution < 1.29 is 0 Å². The van der Waals surface area contributed by atoms with Gasteiger partial charge < -0.3 is 0 Å². The molecular weight excluding hydrogens is 420 g/mol. The van der Waals surface area contributed by atoms with Crippen LogP contribution in [0.2, 0.25) is 0 Å². The van der Waals surface area contributed by atoms with E-state index >= 15 is 0 Å². The topological polar surface area (TPSA) is 50.1 Å². The molecule has 1 unspecified atom stereocenters. The highest BCUT2D eigenvalue weighted by Gasteiger charge is 2.30. The minimum Gasteiger partial charge on any atom is -0.297 e. The fourth-order valence-electron chi connectivity index (χ4n) is 4.54. The predicted octanol–water partition coefficient (Wildman–Crippen LogP) is 4.14. The lowest BCUT2D eigenvalue weighted by molar-refractivity contribution is 0.113. The second-order valence-corrected chi connectivity index (χ2v) is 8.64. The van der Waals surface area contributed by atoms with Crippen LogP contribution in [0, 0.1) is 0 Å². The molecule has 1 atom stereocenters. The molecule has 0 radical (unpaired) electrons. The van der Waals surface area contributed by atoms with Crippen LogP contribution >= 0.6 is 0 Å². The first-order valence-electron chi connectivity index (χ1n) is 11.9. The first-order valence-corrected chi connectivity index (χ1v) is 11.9. The van der Waals surface area contributed by atoms with Gasteiger partial charge in [-0.3, -0.25) is 9.80 Å². The van der Waals surface area contributed by atoms with Gasteiger partial charge in [-0.1, -0.05) is 103 Å². The molecule has 4 aromatic rings. The molecule has 0 saturated carbocycles. The van der Waals surface area contributed by atoms with Gasteiger partial charge in [0.15, 0.2) is 5.82 Å². The van der Waals surface area contributed by atoms with Crippen LogP contribution in [0.1, 0.15) is 28.6 Å². The van der Waals surface area contributed by atoms with Crippen LogP contribution in [-0.2, 0) is 6.54 Å². The van der Waals surface area contributed by atoms with E-state index < -0.39 is 0 Å². The first kappa shape index (κ1) is 22.2. The van der Waals surface area contributed by atoms with Crippen molar-refractivity contribution in [2.45, 2.75) is 12.6 Å². The molecule has 1 fully saturated rings. The summed E-state index contributed by atoms with van der Waals surface area (Å²) in [4.78, 5) is 5.02. The summed E-state index contributed by atoms with van der Waals surface area (Å²) in [7, 11) is 0. The predicted molar refractivity (Wildman–Crippen MR) is 135 cm³/mol. The number of nitrogens with zero attached hydrogens (tertiary/aromatic N) is 6. The van der Waals surface area contributed by atoms with Gasteiger partial charge in [-0.2, -0.15) is 0 Å². The summed E-state index contributed by atoms with van der Waals surface area (Å²) in [5, 5.41) is 12.9. The quantitative estimate of drug-likeness (QED) is 0.404. The molecule has 1 aliphatic rings. The highest BCUT2D eigenvalue weighted by molar-refractivity contribution is 5.48. The van der Waals surface area contributed by atoms with Crippen molar-refractivity contribution in [3.8, 4) is 0 Å². The van der Waals surface area contributed by atoms with Gasteiger partial charge in [-0.05, 0) is 27.1 Å². The Morgan fingerprint density at radius 1 is 0.765 bits per heavy atom. The third-order valence-corrected chi connectivity index (χ3v) is 6.34. The lowest BCUT2D eigenvalue weighted by Gasteiger charge is -2.38. The minimum atomic E-state index is 0.0296. The van der Waals surface area contributed by atoms with Crippen LogP contribution in [0.3, 0.4) is 0 Å². The molecule has 6 nitrogen and oxygen atoms in total. The fourth-order valence-corrected chi connectivity index (χ4v) is 4.54. The summed E-state index contributed by atoms with van der Waals surface area (Å²) in [5.74, 6) is 0.896. The van der Waals surface area contributed by atoms with Crippen LogP contribution in [0.5, 0.6) is 0 Å². The second-order valence-electron chi connectivity index (χ2n) is 8.64. The Bertz CT molecular complexity index is 1170. The average molecular weight is 451 g/mol. The summed E-state index contributed by atoms with van der Waals surface area (Å²) in [6.45, 7) is 5.60. The minimum absolute atomic E-state index is 0.0296. The Kier molecular flexibility index (Phi) is 7.19. The highest BCUT2D eigenvalue weighted by atomic mass is 15.6. The maximum absolute atomic E-state index is 4.50. The molecule has 34 heavy (non-hydrogen) atoms. The van der Waals surface area contributed by atoms with Gasteiger partial charge in [-0.15, -0.1) is 5.10 Å². The molecule has 1 aliphatic heterocycles. The van der Waals surface area contributed by atoms with Crippen molar-refractivity contribution in [2.24, 2.45) is 0 Å². The zero-order valence-corrected chi connectivity index (χ0v) is 19.3. The summed E-state index contributed by atoms with van der Waals surface area (Å²) in [5.41, 5.74) is 3.66. The molecule has 1 aromatic heterocycles. The van der Waals surface area contributed by atoms with Gasteiger partial charge in [-0.25, -0.2) is 4.68 Å². The fraction of sp³-hybridized carbons (Fsp3) is 0.250. The number of piperazine rings is 1. The van der Waals surface area contributed by atoms with E-state index in [4.69, 9.17) is 0 Å². The summed E-state index contributed by atoms with van der Waals surface area (Å²) in [6, 6.07) is 31.5. The third kappa shape index (κ3) is 5.47. The van der Waals surface area contributed by atoms with E-state index in [0.29, 0.717) is 6.54 Å². The van der Waals surface area contributed by atoms with Crippen molar-refractivity contribution in [2.75, 3.05) is 32.7 Å². The van der Waals surface area contributed by atoms with Crippen LogP contribution in [0.15, 0.2) is 97.1 Å². The average Bonchev–Trinajstić information content (AvgIpc) is 3.34. The van der Waals surface area contributed by atoms with Crippen molar-refractivity contribution in [1.29, 1.82) is 0 Å². The number of benzene rings is 3. The Morgan fingerprint density at radius 3 is 2.12 bits per heavy atom. The summed E-state index contributed by atoms with van der Waals surface area (Å²) < 4.78 is 1.95. The van der Waals surface area contributed by atoms with E-state index in [9.17, 15) is 0 Å². The van der Waals surface area contributed by atoms with Gasteiger partial charge in [0.1, 0.15) is 0 Å². The molecule has 0 N–H and O–H groups in total. The normalized spacial score (nSPS) is 16.1. The van der Waals surface area contributed by atoms with E-state index in [0.717, 1.165) is 38.5 Å². The lowest BCUT2D eigenvalue weighted by Crippen LogP contribution is -2.48. The Balaban J connectivity index is 1.30. The smallest absolute Gasteiger partial charge is 0.173 e. The molecule has 0 amide bonds. The van der Waals surface area contributed by atoms with Crippen LogP contribution < -0.4 is 0 Å². The van der Waals surface area contributed by atoms with Crippen LogP contribution in [0.25, 0.3) is 6.08 Å². The standard InChI is InChI=1S/C28H30N6/c1-4-11-24(12-5-1)15-10-18-32-19-21-33(22-20-32)27(26-16-8-3-9-17-26)28-29-30-31-34(28)23-25-13-6-2-7-14-25/h1-17,27H,18-23H2/b15-10+. The van der Waals surface area contributed by atoms with E-state index in [2.05, 4.69) is 122 Å². The van der Waals surface area contributed by atoms with Crippen molar-refractivity contribution in [3.05, 3.63) is 120 Å². The van der Waals surface area contributed by atoms with E-state index in [1.54, 1.807) is 0 Å². The van der Waals surface area contributed by atoms with Gasteiger partial charge in [0.2, 0.25) is 0 Å². The number of tetrazole rings is 1.